The molecule has 0 aromatic carbocycles. The van der Waals surface area contributed by atoms with E-state index >= 15 is 0 Å². The zero-order chi connectivity index (χ0) is 12.3. The Morgan fingerprint density at radius 3 is 2.82 bits per heavy atom. The van der Waals surface area contributed by atoms with Gasteiger partial charge in [-0.3, -0.25) is 4.79 Å². The Hall–Kier alpha value is -1.69. The minimum absolute atomic E-state index is 0.186. The van der Waals surface area contributed by atoms with Gasteiger partial charge in [0.1, 0.15) is 5.82 Å². The highest BCUT2D eigenvalue weighted by Crippen LogP contribution is 2.24. The standard InChI is InChI=1S/C11H17N5O/c1-16(8-2-3-8)7-6-13-10-5-4-9(11(12)17)14-15-10/h4-5,8H,2-3,6-7H2,1H3,(H2,12,17)(H,13,15). The monoisotopic (exact) mass is 235 g/mol. The number of aromatic nitrogens is 2. The molecule has 92 valence electrons. The summed E-state index contributed by atoms with van der Waals surface area (Å²) in [6.45, 7) is 1.79. The van der Waals surface area contributed by atoms with Crippen molar-refractivity contribution in [2.45, 2.75) is 18.9 Å². The molecule has 1 aliphatic carbocycles. The summed E-state index contributed by atoms with van der Waals surface area (Å²) >= 11 is 0. The highest BCUT2D eigenvalue weighted by atomic mass is 16.1. The lowest BCUT2D eigenvalue weighted by Gasteiger charge is -2.15. The molecular weight excluding hydrogens is 218 g/mol. The third kappa shape index (κ3) is 3.39. The van der Waals surface area contributed by atoms with Crippen LogP contribution >= 0.6 is 0 Å². The number of primary amides is 1. The van der Waals surface area contributed by atoms with Gasteiger partial charge in [0, 0.05) is 19.1 Å². The van der Waals surface area contributed by atoms with E-state index in [9.17, 15) is 4.79 Å². The predicted molar refractivity (Wildman–Crippen MR) is 64.7 cm³/mol. The zero-order valence-corrected chi connectivity index (χ0v) is 9.89. The van der Waals surface area contributed by atoms with Gasteiger partial charge >= 0.3 is 0 Å². The molecule has 0 unspecified atom stereocenters. The first-order chi connectivity index (χ1) is 8.16. The van der Waals surface area contributed by atoms with Gasteiger partial charge in [-0.05, 0) is 32.0 Å². The summed E-state index contributed by atoms with van der Waals surface area (Å²) in [5.74, 6) is 0.108. The third-order valence-electron chi connectivity index (χ3n) is 2.86. The molecule has 0 saturated heterocycles. The Kier molecular flexibility index (Phi) is 3.53. The molecule has 1 saturated carbocycles. The first kappa shape index (κ1) is 11.8. The fourth-order valence-corrected chi connectivity index (χ4v) is 1.62. The lowest BCUT2D eigenvalue weighted by Crippen LogP contribution is -2.27. The summed E-state index contributed by atoms with van der Waals surface area (Å²) in [5, 5.41) is 10.8. The molecule has 0 bridgehead atoms. The summed E-state index contributed by atoms with van der Waals surface area (Å²) in [6.07, 6.45) is 2.62. The van der Waals surface area contributed by atoms with Crippen molar-refractivity contribution in [3.05, 3.63) is 17.8 Å². The van der Waals surface area contributed by atoms with Crippen molar-refractivity contribution in [2.75, 3.05) is 25.5 Å². The van der Waals surface area contributed by atoms with Crippen molar-refractivity contribution in [3.63, 3.8) is 0 Å². The lowest BCUT2D eigenvalue weighted by molar-refractivity contribution is 0.0994. The second kappa shape index (κ2) is 5.09. The van der Waals surface area contributed by atoms with Crippen LogP contribution in [0.2, 0.25) is 0 Å². The summed E-state index contributed by atoms with van der Waals surface area (Å²) in [6, 6.07) is 4.05. The van der Waals surface area contributed by atoms with Gasteiger partial charge in [-0.1, -0.05) is 0 Å². The van der Waals surface area contributed by atoms with Crippen molar-refractivity contribution < 1.29 is 4.79 Å². The Labute approximate surface area is 100 Å². The smallest absolute Gasteiger partial charge is 0.269 e. The van der Waals surface area contributed by atoms with Crippen molar-refractivity contribution in [2.24, 2.45) is 5.73 Å². The average Bonchev–Trinajstić information content (AvgIpc) is 3.13. The number of nitrogens with one attached hydrogen (secondary N) is 1. The highest BCUT2D eigenvalue weighted by molar-refractivity contribution is 5.90. The number of rotatable bonds is 6. The van der Waals surface area contributed by atoms with E-state index in [1.807, 2.05) is 0 Å². The van der Waals surface area contributed by atoms with Gasteiger partial charge in [-0.2, -0.15) is 0 Å². The quantitative estimate of drug-likeness (QED) is 0.729. The molecule has 0 atom stereocenters. The van der Waals surface area contributed by atoms with E-state index in [1.54, 1.807) is 12.1 Å². The SMILES string of the molecule is CN(CCNc1ccc(C(N)=O)nn1)C1CC1. The van der Waals surface area contributed by atoms with Crippen LogP contribution in [0.3, 0.4) is 0 Å². The summed E-state index contributed by atoms with van der Waals surface area (Å²) < 4.78 is 0. The molecule has 0 spiro atoms. The van der Waals surface area contributed by atoms with Gasteiger partial charge in [0.2, 0.25) is 0 Å². The van der Waals surface area contributed by atoms with Crippen LogP contribution in [0.1, 0.15) is 23.3 Å². The summed E-state index contributed by atoms with van der Waals surface area (Å²) in [7, 11) is 2.13. The fraction of sp³-hybridized carbons (Fsp3) is 0.545. The number of amides is 1. The van der Waals surface area contributed by atoms with Crippen LogP contribution in [-0.2, 0) is 0 Å². The number of hydrogen-bond donors (Lipinski definition) is 2. The topological polar surface area (TPSA) is 84.1 Å². The number of hydrogen-bond acceptors (Lipinski definition) is 5. The van der Waals surface area contributed by atoms with Crippen LogP contribution in [0, 0.1) is 0 Å². The molecule has 1 aromatic heterocycles. The van der Waals surface area contributed by atoms with E-state index in [2.05, 4.69) is 27.5 Å². The average molecular weight is 235 g/mol. The van der Waals surface area contributed by atoms with Crippen LogP contribution < -0.4 is 11.1 Å². The molecule has 0 radical (unpaired) electrons. The maximum absolute atomic E-state index is 10.8. The van der Waals surface area contributed by atoms with Gasteiger partial charge in [0.15, 0.2) is 5.69 Å². The normalized spacial score (nSPS) is 14.9. The fourth-order valence-electron chi connectivity index (χ4n) is 1.62. The zero-order valence-electron chi connectivity index (χ0n) is 9.89. The Balaban J connectivity index is 1.76. The van der Waals surface area contributed by atoms with Crippen molar-refractivity contribution in [1.82, 2.24) is 15.1 Å². The minimum atomic E-state index is -0.558. The van der Waals surface area contributed by atoms with Gasteiger partial charge in [-0.15, -0.1) is 10.2 Å². The molecule has 2 rings (SSSR count). The van der Waals surface area contributed by atoms with Crippen molar-refractivity contribution in [1.29, 1.82) is 0 Å². The van der Waals surface area contributed by atoms with Crippen LogP contribution in [0.4, 0.5) is 5.82 Å². The first-order valence-electron chi connectivity index (χ1n) is 5.74. The van der Waals surface area contributed by atoms with Crippen LogP contribution in [0.25, 0.3) is 0 Å². The molecule has 1 aromatic rings. The Morgan fingerprint density at radius 1 is 1.53 bits per heavy atom. The van der Waals surface area contributed by atoms with E-state index in [1.165, 1.54) is 12.8 Å². The maximum atomic E-state index is 10.8. The van der Waals surface area contributed by atoms with E-state index < -0.39 is 5.91 Å². The molecule has 6 heteroatoms. The number of anilines is 1. The molecule has 1 amide bonds. The largest absolute Gasteiger partial charge is 0.367 e. The van der Waals surface area contributed by atoms with Gasteiger partial charge in [0.05, 0.1) is 0 Å². The number of likely N-dealkylation sites (N-methyl/N-ethyl adjacent to an activating group) is 1. The van der Waals surface area contributed by atoms with E-state index in [-0.39, 0.29) is 5.69 Å². The molecule has 1 aliphatic rings. The molecule has 1 heterocycles. The summed E-state index contributed by atoms with van der Waals surface area (Å²) in [4.78, 5) is 13.1. The van der Waals surface area contributed by atoms with Crippen LogP contribution in [0.5, 0.6) is 0 Å². The predicted octanol–water partition coefficient (Wildman–Crippen LogP) is 0.0816. The molecular formula is C11H17N5O. The molecule has 17 heavy (non-hydrogen) atoms. The molecule has 1 fully saturated rings. The van der Waals surface area contributed by atoms with Gasteiger partial charge in [-0.25, -0.2) is 0 Å². The van der Waals surface area contributed by atoms with Crippen LogP contribution in [0.15, 0.2) is 12.1 Å². The van der Waals surface area contributed by atoms with Crippen molar-refractivity contribution in [3.8, 4) is 0 Å². The third-order valence-corrected chi connectivity index (χ3v) is 2.86. The highest BCUT2D eigenvalue weighted by Gasteiger charge is 2.25. The first-order valence-corrected chi connectivity index (χ1v) is 5.74. The van der Waals surface area contributed by atoms with Gasteiger partial charge in [0.25, 0.3) is 5.91 Å². The van der Waals surface area contributed by atoms with E-state index in [4.69, 9.17) is 5.73 Å². The Morgan fingerprint density at radius 2 is 2.29 bits per heavy atom. The lowest BCUT2D eigenvalue weighted by atomic mass is 10.3. The Bertz CT molecular complexity index is 387. The summed E-state index contributed by atoms with van der Waals surface area (Å²) in [5.41, 5.74) is 5.26. The maximum Gasteiger partial charge on any atom is 0.269 e. The van der Waals surface area contributed by atoms with Crippen LogP contribution in [-0.4, -0.2) is 47.2 Å². The number of carbonyl (C=O) groups excluding carboxylic acids is 1. The van der Waals surface area contributed by atoms with Gasteiger partial charge < -0.3 is 16.0 Å². The molecule has 3 N–H and O–H groups in total. The number of nitrogens with zero attached hydrogens (tertiary/aromatic N) is 3. The second-order valence-electron chi connectivity index (χ2n) is 4.31. The van der Waals surface area contributed by atoms with E-state index in [0.717, 1.165) is 19.1 Å². The molecule has 0 aliphatic heterocycles. The number of nitrogens with two attached hydrogens (primary N) is 1. The second-order valence-corrected chi connectivity index (χ2v) is 4.31. The van der Waals surface area contributed by atoms with Crippen molar-refractivity contribution >= 4 is 11.7 Å². The molecule has 6 nitrogen and oxygen atoms in total. The minimum Gasteiger partial charge on any atom is -0.367 e. The number of carbonyl (C=O) groups is 1. The van der Waals surface area contributed by atoms with E-state index in [0.29, 0.717) is 5.82 Å².